The maximum absolute atomic E-state index is 10.0. The highest BCUT2D eigenvalue weighted by atomic mass is 16.7. The van der Waals surface area contributed by atoms with Gasteiger partial charge in [0.2, 0.25) is 0 Å². The minimum absolute atomic E-state index is 0.0465. The van der Waals surface area contributed by atoms with E-state index in [9.17, 15) is 30.6 Å². The van der Waals surface area contributed by atoms with Crippen LogP contribution in [0.25, 0.3) is 0 Å². The molecule has 2 fully saturated rings. The van der Waals surface area contributed by atoms with Gasteiger partial charge in [0.15, 0.2) is 12.6 Å². The zero-order chi connectivity index (χ0) is 17.9. The van der Waals surface area contributed by atoms with Crippen LogP contribution in [-0.4, -0.2) is 106 Å². The van der Waals surface area contributed by atoms with Gasteiger partial charge >= 0.3 is 0 Å². The largest absolute Gasteiger partial charge is 0.394 e. The first kappa shape index (κ1) is 19.9. The number of hydrogen-bond acceptors (Lipinski definition) is 10. The standard InChI is InChI=1S/C14H26O10/c1-2-21-13-7(3-6(17)8(4-15)23-13)22-14-12(20)11(19)10(18)9(5-16)24-14/h6-20H,2-5H2,1H3. The van der Waals surface area contributed by atoms with Gasteiger partial charge in [-0.15, -0.1) is 0 Å². The first-order valence-electron chi connectivity index (χ1n) is 7.94. The first-order chi connectivity index (χ1) is 11.4. The van der Waals surface area contributed by atoms with E-state index >= 15 is 0 Å². The molecule has 0 bridgehead atoms. The number of aliphatic hydroxyl groups is 6. The quantitative estimate of drug-likeness (QED) is 0.285. The third-order valence-electron chi connectivity index (χ3n) is 4.18. The second-order valence-corrected chi connectivity index (χ2v) is 5.86. The summed E-state index contributed by atoms with van der Waals surface area (Å²) in [5, 5.41) is 57.9. The van der Waals surface area contributed by atoms with Crippen molar-refractivity contribution in [2.75, 3.05) is 19.8 Å². The predicted octanol–water partition coefficient (Wildman–Crippen LogP) is -3.32. The molecule has 9 unspecified atom stereocenters. The van der Waals surface area contributed by atoms with Crippen LogP contribution in [0.1, 0.15) is 13.3 Å². The molecule has 2 aliphatic rings. The summed E-state index contributed by atoms with van der Waals surface area (Å²) in [6.07, 6.45) is -10.6. The third kappa shape index (κ3) is 4.22. The van der Waals surface area contributed by atoms with Gasteiger partial charge in [0.05, 0.1) is 19.3 Å². The van der Waals surface area contributed by atoms with Crippen molar-refractivity contribution in [3.05, 3.63) is 0 Å². The highest BCUT2D eigenvalue weighted by Gasteiger charge is 2.47. The van der Waals surface area contributed by atoms with E-state index in [1.807, 2.05) is 0 Å². The van der Waals surface area contributed by atoms with Gasteiger partial charge in [-0.1, -0.05) is 0 Å². The van der Waals surface area contributed by atoms with E-state index in [0.29, 0.717) is 0 Å². The summed E-state index contributed by atoms with van der Waals surface area (Å²) in [5.41, 5.74) is 0. The Hall–Kier alpha value is -0.400. The number of rotatable bonds is 6. The summed E-state index contributed by atoms with van der Waals surface area (Å²) in [4.78, 5) is 0. The Morgan fingerprint density at radius 3 is 2.08 bits per heavy atom. The van der Waals surface area contributed by atoms with Gasteiger partial charge in [0, 0.05) is 13.0 Å². The summed E-state index contributed by atoms with van der Waals surface area (Å²) in [6, 6.07) is 0. The van der Waals surface area contributed by atoms with Crippen LogP contribution in [0.2, 0.25) is 0 Å². The maximum Gasteiger partial charge on any atom is 0.187 e. The van der Waals surface area contributed by atoms with E-state index < -0.39 is 68.5 Å². The molecule has 0 aromatic heterocycles. The molecule has 9 atom stereocenters. The van der Waals surface area contributed by atoms with Gasteiger partial charge in [-0.2, -0.15) is 0 Å². The molecule has 2 saturated heterocycles. The average molecular weight is 354 g/mol. The van der Waals surface area contributed by atoms with Gasteiger partial charge in [-0.3, -0.25) is 0 Å². The molecule has 0 aromatic rings. The van der Waals surface area contributed by atoms with Crippen molar-refractivity contribution >= 4 is 0 Å². The Balaban J connectivity index is 2.06. The Bertz CT molecular complexity index is 381. The Morgan fingerprint density at radius 2 is 1.50 bits per heavy atom. The molecule has 0 aromatic carbocycles. The monoisotopic (exact) mass is 354 g/mol. The van der Waals surface area contributed by atoms with Gasteiger partial charge < -0.3 is 49.6 Å². The molecule has 0 spiro atoms. The zero-order valence-electron chi connectivity index (χ0n) is 13.3. The van der Waals surface area contributed by atoms with Crippen LogP contribution in [-0.2, 0) is 18.9 Å². The van der Waals surface area contributed by atoms with Crippen molar-refractivity contribution in [1.82, 2.24) is 0 Å². The van der Waals surface area contributed by atoms with Crippen LogP contribution in [0.3, 0.4) is 0 Å². The van der Waals surface area contributed by atoms with E-state index in [2.05, 4.69) is 0 Å². The van der Waals surface area contributed by atoms with Crippen molar-refractivity contribution in [3.8, 4) is 0 Å². The summed E-state index contributed by atoms with van der Waals surface area (Å²) in [5.74, 6) is 0. The van der Waals surface area contributed by atoms with Crippen LogP contribution in [0.5, 0.6) is 0 Å². The van der Waals surface area contributed by atoms with Crippen LogP contribution in [0.15, 0.2) is 0 Å². The lowest BCUT2D eigenvalue weighted by molar-refractivity contribution is -0.350. The summed E-state index contributed by atoms with van der Waals surface area (Å²) < 4.78 is 21.7. The lowest BCUT2D eigenvalue weighted by atomic mass is 9.98. The normalized spacial score (nSPS) is 46.9. The van der Waals surface area contributed by atoms with Gasteiger partial charge in [-0.25, -0.2) is 0 Å². The molecule has 0 amide bonds. The molecular formula is C14H26O10. The highest BCUT2D eigenvalue weighted by molar-refractivity contribution is 4.90. The lowest BCUT2D eigenvalue weighted by Gasteiger charge is -2.44. The van der Waals surface area contributed by atoms with E-state index in [1.165, 1.54) is 0 Å². The van der Waals surface area contributed by atoms with Crippen molar-refractivity contribution in [2.45, 2.75) is 68.7 Å². The molecule has 2 heterocycles. The molecule has 10 nitrogen and oxygen atoms in total. The fraction of sp³-hybridized carbons (Fsp3) is 1.00. The van der Waals surface area contributed by atoms with Crippen LogP contribution < -0.4 is 0 Å². The Kier molecular flexibility index (Phi) is 7.31. The zero-order valence-corrected chi connectivity index (χ0v) is 13.3. The fourth-order valence-corrected chi connectivity index (χ4v) is 2.80. The van der Waals surface area contributed by atoms with Crippen LogP contribution in [0, 0.1) is 0 Å². The van der Waals surface area contributed by atoms with Gasteiger partial charge in [0.1, 0.15) is 36.6 Å². The molecule has 0 saturated carbocycles. The molecule has 10 heteroatoms. The SMILES string of the molecule is CCOC1OC(CO)C(O)CC1OC1OC(CO)C(O)C(O)C1O. The smallest absolute Gasteiger partial charge is 0.187 e. The third-order valence-corrected chi connectivity index (χ3v) is 4.18. The van der Waals surface area contributed by atoms with E-state index in [0.717, 1.165) is 0 Å². The van der Waals surface area contributed by atoms with E-state index in [1.54, 1.807) is 6.92 Å². The Labute approximate surface area is 139 Å². The molecule has 142 valence electrons. The lowest BCUT2D eigenvalue weighted by Crippen LogP contribution is -2.61. The summed E-state index contributed by atoms with van der Waals surface area (Å²) in [6.45, 7) is 1.05. The first-order valence-corrected chi connectivity index (χ1v) is 7.94. The summed E-state index contributed by atoms with van der Waals surface area (Å²) in [7, 11) is 0. The van der Waals surface area contributed by atoms with Crippen molar-refractivity contribution < 1.29 is 49.6 Å². The van der Waals surface area contributed by atoms with E-state index in [-0.39, 0.29) is 13.0 Å². The minimum Gasteiger partial charge on any atom is -0.394 e. The molecule has 2 aliphatic heterocycles. The van der Waals surface area contributed by atoms with Crippen molar-refractivity contribution in [3.63, 3.8) is 0 Å². The van der Waals surface area contributed by atoms with Crippen LogP contribution >= 0.6 is 0 Å². The molecule has 0 radical (unpaired) electrons. The Morgan fingerprint density at radius 1 is 0.875 bits per heavy atom. The maximum atomic E-state index is 10.0. The molecule has 0 aliphatic carbocycles. The number of aliphatic hydroxyl groups excluding tert-OH is 6. The minimum atomic E-state index is -1.56. The molecular weight excluding hydrogens is 328 g/mol. The number of ether oxygens (including phenoxy) is 4. The highest BCUT2D eigenvalue weighted by Crippen LogP contribution is 2.29. The second-order valence-electron chi connectivity index (χ2n) is 5.86. The fourth-order valence-electron chi connectivity index (χ4n) is 2.80. The van der Waals surface area contributed by atoms with Crippen molar-refractivity contribution in [2.24, 2.45) is 0 Å². The predicted molar refractivity (Wildman–Crippen MR) is 76.6 cm³/mol. The molecule has 2 rings (SSSR count). The number of hydrogen-bond donors (Lipinski definition) is 6. The average Bonchev–Trinajstić information content (AvgIpc) is 2.57. The van der Waals surface area contributed by atoms with Crippen molar-refractivity contribution in [1.29, 1.82) is 0 Å². The summed E-state index contributed by atoms with van der Waals surface area (Å²) >= 11 is 0. The molecule has 6 N–H and O–H groups in total. The van der Waals surface area contributed by atoms with E-state index in [4.69, 9.17) is 18.9 Å². The second kappa shape index (κ2) is 8.81. The van der Waals surface area contributed by atoms with Gasteiger partial charge in [0.25, 0.3) is 0 Å². The molecule has 24 heavy (non-hydrogen) atoms. The van der Waals surface area contributed by atoms with Crippen LogP contribution in [0.4, 0.5) is 0 Å². The van der Waals surface area contributed by atoms with Gasteiger partial charge in [-0.05, 0) is 6.92 Å². The topological polar surface area (TPSA) is 158 Å².